The van der Waals surface area contributed by atoms with Gasteiger partial charge < -0.3 is 19.3 Å². The maximum Gasteiger partial charge on any atom is 0.318 e. The normalized spacial score (nSPS) is 16.3. The summed E-state index contributed by atoms with van der Waals surface area (Å²) < 4.78 is 41.7. The van der Waals surface area contributed by atoms with E-state index in [0.29, 0.717) is 60.4 Å². The van der Waals surface area contributed by atoms with Crippen LogP contribution in [0.25, 0.3) is 32.9 Å². The van der Waals surface area contributed by atoms with E-state index in [0.717, 1.165) is 0 Å². The Morgan fingerprint density at radius 1 is 1.23 bits per heavy atom. The van der Waals surface area contributed by atoms with Crippen LogP contribution in [-0.2, 0) is 9.53 Å². The second-order valence-corrected chi connectivity index (χ2v) is 9.52. The fourth-order valence-electron chi connectivity index (χ4n) is 5.43. The lowest BCUT2D eigenvalue weighted by Crippen LogP contribution is -2.72. The smallest absolute Gasteiger partial charge is 0.318 e. The van der Waals surface area contributed by atoms with Crippen LogP contribution in [0.4, 0.5) is 14.6 Å². The average Bonchev–Trinajstić information content (AvgIpc) is 2.95. The first-order valence-corrected chi connectivity index (χ1v) is 12.3. The molecule has 2 aromatic carbocycles. The van der Waals surface area contributed by atoms with Crippen LogP contribution in [0, 0.1) is 24.0 Å². The maximum atomic E-state index is 16.3. The number of carbonyl (C=O) groups is 1. The third-order valence-corrected chi connectivity index (χ3v) is 7.35. The van der Waals surface area contributed by atoms with Crippen LogP contribution in [-0.4, -0.2) is 71.3 Å². The zero-order chi connectivity index (χ0) is 27.3. The van der Waals surface area contributed by atoms with Gasteiger partial charge in [-0.3, -0.25) is 9.78 Å². The number of carbonyl (C=O) groups excluding carboxylic acids is 1. The first kappa shape index (κ1) is 24.7. The molecule has 6 rings (SSSR count). The van der Waals surface area contributed by atoms with Gasteiger partial charge in [-0.2, -0.15) is 9.97 Å². The summed E-state index contributed by atoms with van der Waals surface area (Å²) in [4.78, 5) is 29.5. The first-order chi connectivity index (χ1) is 18.9. The molecule has 0 radical (unpaired) electrons. The van der Waals surface area contributed by atoms with Gasteiger partial charge in [0.15, 0.2) is 5.82 Å². The summed E-state index contributed by atoms with van der Waals surface area (Å²) in [5.41, 5.74) is -0.183. The minimum Gasteiger partial charge on any atom is -0.467 e. The summed E-state index contributed by atoms with van der Waals surface area (Å²) in [6, 6.07) is 8.02. The van der Waals surface area contributed by atoms with E-state index in [-0.39, 0.29) is 28.7 Å². The second kappa shape index (κ2) is 9.29. The zero-order valence-electron chi connectivity index (χ0n) is 21.1. The van der Waals surface area contributed by atoms with Gasteiger partial charge in [0.2, 0.25) is 5.91 Å². The number of ether oxygens (including phenoxy) is 2. The minimum absolute atomic E-state index is 0.000945. The number of pyridine rings is 1. The van der Waals surface area contributed by atoms with Crippen molar-refractivity contribution in [3.63, 3.8) is 0 Å². The summed E-state index contributed by atoms with van der Waals surface area (Å²) in [6.45, 7) is 5.62. The first-order valence-electron chi connectivity index (χ1n) is 12.3. The molecule has 0 unspecified atom stereocenters. The minimum atomic E-state index is -0.712. The summed E-state index contributed by atoms with van der Waals surface area (Å²) in [7, 11) is 1.40. The molecule has 8 nitrogen and oxygen atoms in total. The largest absolute Gasteiger partial charge is 0.467 e. The van der Waals surface area contributed by atoms with E-state index >= 15 is 4.39 Å². The van der Waals surface area contributed by atoms with Gasteiger partial charge in [0, 0.05) is 36.8 Å². The Kier molecular flexibility index (Phi) is 5.88. The fourth-order valence-corrected chi connectivity index (χ4v) is 5.43. The molecule has 1 amide bonds. The molecule has 0 bridgehead atoms. The molecule has 4 aromatic rings. The van der Waals surface area contributed by atoms with Crippen molar-refractivity contribution in [2.24, 2.45) is 0 Å². The van der Waals surface area contributed by atoms with Crippen molar-refractivity contribution < 1.29 is 23.0 Å². The van der Waals surface area contributed by atoms with Gasteiger partial charge in [-0.15, -0.1) is 6.42 Å². The van der Waals surface area contributed by atoms with Gasteiger partial charge in [-0.1, -0.05) is 36.8 Å². The predicted molar refractivity (Wildman–Crippen MR) is 142 cm³/mol. The molecule has 0 saturated carbocycles. The van der Waals surface area contributed by atoms with Gasteiger partial charge >= 0.3 is 6.01 Å². The van der Waals surface area contributed by atoms with E-state index in [1.54, 1.807) is 29.2 Å². The Morgan fingerprint density at radius 3 is 2.74 bits per heavy atom. The number of aromatic nitrogens is 3. The highest BCUT2D eigenvalue weighted by Gasteiger charge is 2.50. The highest BCUT2D eigenvalue weighted by atomic mass is 19.1. The second-order valence-electron chi connectivity index (χ2n) is 9.52. The van der Waals surface area contributed by atoms with Crippen molar-refractivity contribution in [1.29, 1.82) is 0 Å². The molecule has 2 aliphatic heterocycles. The molecule has 39 heavy (non-hydrogen) atoms. The predicted octanol–water partition coefficient (Wildman–Crippen LogP) is 3.72. The number of nitrogens with zero attached hydrogens (tertiary/aromatic N) is 5. The summed E-state index contributed by atoms with van der Waals surface area (Å²) in [6.07, 6.45) is 8.42. The number of piperazine rings is 1. The lowest BCUT2D eigenvalue weighted by atomic mass is 9.91. The Hall–Kier alpha value is -4.62. The zero-order valence-corrected chi connectivity index (χ0v) is 21.1. The van der Waals surface area contributed by atoms with Crippen LogP contribution in [0.1, 0.15) is 5.56 Å². The molecule has 0 atom stereocenters. The summed E-state index contributed by atoms with van der Waals surface area (Å²) >= 11 is 0. The molecule has 0 N–H and O–H groups in total. The molecule has 2 aliphatic rings. The molecule has 10 heteroatoms. The number of fused-ring (bicyclic) bond motifs is 2. The number of hydrogen-bond donors (Lipinski definition) is 0. The Morgan fingerprint density at radius 2 is 2.05 bits per heavy atom. The quantitative estimate of drug-likeness (QED) is 0.296. The fraction of sp³-hybridized carbons (Fsp3) is 0.241. The SMILES string of the molecule is C#Cc1c(F)ccc2cccc(-c3ncc4c(N5CCN(C(=O)C=C)C6(COC6)C5)nc(OC)nc4c3F)c12. The molecular formula is C29H23F2N5O3. The van der Waals surface area contributed by atoms with Gasteiger partial charge in [-0.05, 0) is 17.5 Å². The van der Waals surface area contributed by atoms with Crippen LogP contribution in [0.15, 0.2) is 49.2 Å². The van der Waals surface area contributed by atoms with Crippen LogP contribution in [0.5, 0.6) is 6.01 Å². The van der Waals surface area contributed by atoms with E-state index in [9.17, 15) is 9.18 Å². The van der Waals surface area contributed by atoms with Crippen LogP contribution >= 0.6 is 0 Å². The standard InChI is InChI=1S/C29H23F2N5O3/c1-4-18-21(30)10-9-17-7-6-8-19(23(17)18)25-24(31)26-20(13-32-25)27(34-28(33-26)38-3)35-11-12-36(22(37)5-2)29(14-35)15-39-16-29/h1,5-10,13H,2,11-12,14-16H2,3H3. The maximum absolute atomic E-state index is 16.3. The summed E-state index contributed by atoms with van der Waals surface area (Å²) in [5.74, 6) is 1.36. The van der Waals surface area contributed by atoms with Crippen molar-refractivity contribution in [2.45, 2.75) is 5.54 Å². The highest BCUT2D eigenvalue weighted by molar-refractivity contribution is 6.02. The Bertz CT molecular complexity index is 1710. The van der Waals surface area contributed by atoms with E-state index in [1.807, 2.05) is 4.90 Å². The Balaban J connectivity index is 1.50. The van der Waals surface area contributed by atoms with E-state index in [2.05, 4.69) is 27.5 Å². The van der Waals surface area contributed by atoms with Crippen LogP contribution in [0.3, 0.4) is 0 Å². The third kappa shape index (κ3) is 3.77. The molecule has 196 valence electrons. The van der Waals surface area contributed by atoms with Crippen molar-refractivity contribution in [3.8, 4) is 29.6 Å². The number of benzene rings is 2. The molecule has 4 heterocycles. The number of methoxy groups -OCH3 is 1. The van der Waals surface area contributed by atoms with Crippen molar-refractivity contribution in [1.82, 2.24) is 19.9 Å². The molecule has 2 aromatic heterocycles. The number of rotatable bonds is 4. The number of anilines is 1. The number of amides is 1. The number of hydrogen-bond acceptors (Lipinski definition) is 7. The van der Waals surface area contributed by atoms with Crippen molar-refractivity contribution >= 4 is 33.4 Å². The Labute approximate surface area is 222 Å². The third-order valence-electron chi connectivity index (χ3n) is 7.35. The van der Waals surface area contributed by atoms with E-state index in [1.165, 1.54) is 25.4 Å². The lowest BCUT2D eigenvalue weighted by molar-refractivity contribution is -0.164. The summed E-state index contributed by atoms with van der Waals surface area (Å²) in [5, 5.41) is 1.42. The van der Waals surface area contributed by atoms with Gasteiger partial charge in [0.25, 0.3) is 0 Å². The van der Waals surface area contributed by atoms with Gasteiger partial charge in [0.1, 0.15) is 28.4 Å². The van der Waals surface area contributed by atoms with E-state index in [4.69, 9.17) is 15.9 Å². The van der Waals surface area contributed by atoms with Crippen LogP contribution in [0.2, 0.25) is 0 Å². The lowest BCUT2D eigenvalue weighted by Gasteiger charge is -2.55. The van der Waals surface area contributed by atoms with Crippen molar-refractivity contribution in [3.05, 3.63) is 66.4 Å². The number of terminal acetylenes is 1. The number of halogens is 2. The molecule has 0 aliphatic carbocycles. The molecule has 1 spiro atoms. The van der Waals surface area contributed by atoms with Crippen LogP contribution < -0.4 is 9.64 Å². The molecular weight excluding hydrogens is 504 g/mol. The van der Waals surface area contributed by atoms with Gasteiger partial charge in [0.05, 0.1) is 31.3 Å². The van der Waals surface area contributed by atoms with Gasteiger partial charge in [-0.25, -0.2) is 8.78 Å². The monoisotopic (exact) mass is 527 g/mol. The average molecular weight is 528 g/mol. The molecule has 2 fully saturated rings. The topological polar surface area (TPSA) is 80.7 Å². The van der Waals surface area contributed by atoms with Crippen molar-refractivity contribution in [2.75, 3.05) is 44.9 Å². The molecule has 2 saturated heterocycles. The van der Waals surface area contributed by atoms with E-state index < -0.39 is 17.2 Å². The highest BCUT2D eigenvalue weighted by Crippen LogP contribution is 2.38.